The third-order valence-corrected chi connectivity index (χ3v) is 3.76. The van der Waals surface area contributed by atoms with Crippen molar-refractivity contribution in [2.24, 2.45) is 17.8 Å². The van der Waals surface area contributed by atoms with Gasteiger partial charge in [0.05, 0.1) is 13.2 Å². The van der Waals surface area contributed by atoms with E-state index in [1.165, 1.54) is 6.42 Å². The maximum Gasteiger partial charge on any atom is 0.407 e. The van der Waals surface area contributed by atoms with Crippen LogP contribution in [-0.2, 0) is 14.3 Å². The zero-order chi connectivity index (χ0) is 16.5. The van der Waals surface area contributed by atoms with Crippen LogP contribution in [0.4, 0.5) is 4.79 Å². The second-order valence-corrected chi connectivity index (χ2v) is 7.04. The van der Waals surface area contributed by atoms with Crippen molar-refractivity contribution in [3.63, 3.8) is 0 Å². The largest absolute Gasteiger partial charge is 0.464 e. The Morgan fingerprint density at radius 1 is 0.955 bits per heavy atom. The fourth-order valence-electron chi connectivity index (χ4n) is 2.59. The molecule has 0 aliphatic heterocycles. The summed E-state index contributed by atoms with van der Waals surface area (Å²) in [4.78, 5) is 24.2. The topological polar surface area (TPSA) is 64.6 Å². The summed E-state index contributed by atoms with van der Waals surface area (Å²) in [5.41, 5.74) is 0. The number of carbonyl (C=O) groups excluding carboxylic acids is 2. The molecular weight excluding hydrogens is 282 g/mol. The van der Waals surface area contributed by atoms with Gasteiger partial charge in [0, 0.05) is 0 Å². The Kier molecular flexibility index (Phi) is 8.28. The van der Waals surface area contributed by atoms with Gasteiger partial charge in [-0.25, -0.2) is 9.59 Å². The van der Waals surface area contributed by atoms with E-state index in [1.54, 1.807) is 0 Å². The van der Waals surface area contributed by atoms with Crippen LogP contribution in [0.15, 0.2) is 0 Å². The van der Waals surface area contributed by atoms with Crippen LogP contribution in [0, 0.1) is 17.8 Å². The van der Waals surface area contributed by atoms with Gasteiger partial charge in [-0.15, -0.1) is 0 Å². The summed E-state index contributed by atoms with van der Waals surface area (Å²) in [5, 5.41) is 2.73. The number of nitrogens with one attached hydrogen (secondary N) is 1. The monoisotopic (exact) mass is 313 g/mol. The molecule has 22 heavy (non-hydrogen) atoms. The maximum atomic E-state index is 12.3. The predicted octanol–water partition coefficient (Wildman–Crippen LogP) is 3.52. The molecule has 1 N–H and O–H groups in total. The minimum atomic E-state index is -0.585. The van der Waals surface area contributed by atoms with Gasteiger partial charge in [-0.3, -0.25) is 0 Å². The highest BCUT2D eigenvalue weighted by atomic mass is 16.6. The molecule has 1 unspecified atom stereocenters. The molecule has 1 aliphatic carbocycles. The lowest BCUT2D eigenvalue weighted by molar-refractivity contribution is -0.149. The number of amides is 1. The van der Waals surface area contributed by atoms with Gasteiger partial charge in [0.15, 0.2) is 0 Å². The highest BCUT2D eigenvalue weighted by Crippen LogP contribution is 2.27. The maximum absolute atomic E-state index is 12.3. The molecule has 1 fully saturated rings. The molecule has 5 nitrogen and oxygen atoms in total. The van der Waals surface area contributed by atoms with Crippen LogP contribution in [-0.4, -0.2) is 31.3 Å². The van der Waals surface area contributed by atoms with Crippen molar-refractivity contribution in [2.75, 3.05) is 13.2 Å². The average molecular weight is 313 g/mol. The van der Waals surface area contributed by atoms with E-state index in [0.717, 1.165) is 25.7 Å². The first-order valence-electron chi connectivity index (χ1n) is 8.50. The zero-order valence-corrected chi connectivity index (χ0v) is 14.4. The van der Waals surface area contributed by atoms with E-state index < -0.39 is 12.1 Å². The molecule has 1 atom stereocenters. The first-order valence-corrected chi connectivity index (χ1v) is 8.50. The van der Waals surface area contributed by atoms with Crippen LogP contribution in [0.5, 0.6) is 0 Å². The molecule has 0 aromatic heterocycles. The molecular formula is C17H31NO4. The molecule has 1 rings (SSSR count). The van der Waals surface area contributed by atoms with Crippen LogP contribution in [0.1, 0.15) is 59.8 Å². The highest BCUT2D eigenvalue weighted by molar-refractivity contribution is 5.81. The van der Waals surface area contributed by atoms with E-state index in [4.69, 9.17) is 9.47 Å². The molecule has 5 heteroatoms. The number of esters is 1. The fourth-order valence-corrected chi connectivity index (χ4v) is 2.59. The quantitative estimate of drug-likeness (QED) is 0.730. The average Bonchev–Trinajstić information content (AvgIpc) is 2.49. The first kappa shape index (κ1) is 18.8. The molecule has 128 valence electrons. The Morgan fingerprint density at radius 2 is 1.50 bits per heavy atom. The summed E-state index contributed by atoms with van der Waals surface area (Å²) < 4.78 is 10.5. The van der Waals surface area contributed by atoms with Crippen molar-refractivity contribution >= 4 is 12.1 Å². The Bertz CT molecular complexity index is 349. The van der Waals surface area contributed by atoms with Crippen molar-refractivity contribution in [2.45, 2.75) is 65.8 Å². The number of hydrogen-bond acceptors (Lipinski definition) is 4. The van der Waals surface area contributed by atoms with Crippen LogP contribution in [0.2, 0.25) is 0 Å². The lowest BCUT2D eigenvalue weighted by Gasteiger charge is -2.29. The predicted molar refractivity (Wildman–Crippen MR) is 85.5 cm³/mol. The van der Waals surface area contributed by atoms with Crippen molar-refractivity contribution in [3.05, 3.63) is 0 Å². The summed E-state index contributed by atoms with van der Waals surface area (Å²) in [6, 6.07) is -0.585. The minimum Gasteiger partial charge on any atom is -0.464 e. The van der Waals surface area contributed by atoms with Crippen LogP contribution in [0.25, 0.3) is 0 Å². The zero-order valence-electron chi connectivity index (χ0n) is 14.4. The normalized spacial score (nSPS) is 17.4. The molecule has 0 aromatic carbocycles. The number of rotatable bonds is 7. The molecule has 1 amide bonds. The van der Waals surface area contributed by atoms with E-state index in [1.807, 2.05) is 27.7 Å². The number of hydrogen-bond donors (Lipinski definition) is 1. The van der Waals surface area contributed by atoms with E-state index in [9.17, 15) is 9.59 Å². The van der Waals surface area contributed by atoms with Crippen LogP contribution >= 0.6 is 0 Å². The Labute approximate surface area is 134 Å². The lowest BCUT2D eigenvalue weighted by atomic mass is 9.84. The SMILES string of the molecule is CC(C)COC(=O)NC(C(=O)OCC(C)C)C1CCCCC1. The Balaban J connectivity index is 2.60. The molecule has 0 spiro atoms. The third kappa shape index (κ3) is 7.14. The van der Waals surface area contributed by atoms with Gasteiger partial charge in [-0.05, 0) is 30.6 Å². The van der Waals surface area contributed by atoms with Gasteiger partial charge in [-0.2, -0.15) is 0 Å². The van der Waals surface area contributed by atoms with Gasteiger partial charge in [0.1, 0.15) is 6.04 Å². The minimum absolute atomic E-state index is 0.153. The molecule has 0 saturated heterocycles. The van der Waals surface area contributed by atoms with Crippen molar-refractivity contribution in [1.29, 1.82) is 0 Å². The molecule has 0 aromatic rings. The molecule has 1 saturated carbocycles. The summed E-state index contributed by atoms with van der Waals surface area (Å²) in [6.45, 7) is 8.67. The Morgan fingerprint density at radius 3 is 2.05 bits per heavy atom. The van der Waals surface area contributed by atoms with Crippen molar-refractivity contribution in [1.82, 2.24) is 5.32 Å². The van der Waals surface area contributed by atoms with Gasteiger partial charge in [0.25, 0.3) is 0 Å². The van der Waals surface area contributed by atoms with E-state index in [-0.39, 0.29) is 23.7 Å². The second-order valence-electron chi connectivity index (χ2n) is 7.04. The number of alkyl carbamates (subject to hydrolysis) is 1. The van der Waals surface area contributed by atoms with Gasteiger partial charge in [-0.1, -0.05) is 47.0 Å². The standard InChI is InChI=1S/C17H31NO4/c1-12(2)10-21-16(19)15(14-8-6-5-7-9-14)18-17(20)22-11-13(3)4/h12-15H,5-11H2,1-4H3,(H,18,20). The number of ether oxygens (including phenoxy) is 2. The van der Waals surface area contributed by atoms with E-state index in [2.05, 4.69) is 5.32 Å². The molecule has 0 radical (unpaired) electrons. The van der Waals surface area contributed by atoms with Gasteiger partial charge >= 0.3 is 12.1 Å². The summed E-state index contributed by atoms with van der Waals surface area (Å²) in [7, 11) is 0. The summed E-state index contributed by atoms with van der Waals surface area (Å²) >= 11 is 0. The fraction of sp³-hybridized carbons (Fsp3) is 0.882. The van der Waals surface area contributed by atoms with Crippen molar-refractivity contribution < 1.29 is 19.1 Å². The Hall–Kier alpha value is -1.26. The molecule has 0 bridgehead atoms. The van der Waals surface area contributed by atoms with E-state index >= 15 is 0 Å². The lowest BCUT2D eigenvalue weighted by Crippen LogP contribution is -2.48. The highest BCUT2D eigenvalue weighted by Gasteiger charge is 2.32. The molecule has 0 heterocycles. The summed E-state index contributed by atoms with van der Waals surface area (Å²) in [6.07, 6.45) is 4.77. The smallest absolute Gasteiger partial charge is 0.407 e. The molecule has 1 aliphatic rings. The summed E-state index contributed by atoms with van der Waals surface area (Å²) in [5.74, 6) is 0.373. The first-order chi connectivity index (χ1) is 10.4. The van der Waals surface area contributed by atoms with Crippen LogP contribution < -0.4 is 5.32 Å². The number of carbonyl (C=O) groups is 2. The van der Waals surface area contributed by atoms with Crippen LogP contribution in [0.3, 0.4) is 0 Å². The van der Waals surface area contributed by atoms with Gasteiger partial charge in [0.2, 0.25) is 0 Å². The van der Waals surface area contributed by atoms with E-state index in [0.29, 0.717) is 13.2 Å². The van der Waals surface area contributed by atoms with Crippen molar-refractivity contribution in [3.8, 4) is 0 Å². The second kappa shape index (κ2) is 9.70. The third-order valence-electron chi connectivity index (χ3n) is 3.76. The van der Waals surface area contributed by atoms with Gasteiger partial charge < -0.3 is 14.8 Å².